The molecule has 134 valence electrons. The molecule has 1 amide bonds. The fourth-order valence-corrected chi connectivity index (χ4v) is 2.64. The molecule has 7 heteroatoms. The van der Waals surface area contributed by atoms with Crippen molar-refractivity contribution in [3.8, 4) is 0 Å². The van der Waals surface area contributed by atoms with Gasteiger partial charge in [-0.2, -0.15) is 13.2 Å². The Morgan fingerprint density at radius 2 is 1.83 bits per heavy atom. The first-order valence-electron chi connectivity index (χ1n) is 7.98. The van der Waals surface area contributed by atoms with Crippen LogP contribution in [0, 0.1) is 0 Å². The summed E-state index contributed by atoms with van der Waals surface area (Å²) in [4.78, 5) is 13.8. The number of morpholine rings is 1. The third kappa shape index (κ3) is 4.95. The van der Waals surface area contributed by atoms with E-state index in [4.69, 9.17) is 4.74 Å². The summed E-state index contributed by atoms with van der Waals surface area (Å²) in [5.74, 6) is 0.0330. The quantitative estimate of drug-likeness (QED) is 0.893. The van der Waals surface area contributed by atoms with Crippen LogP contribution in [0.1, 0.15) is 31.4 Å². The van der Waals surface area contributed by atoms with Crippen molar-refractivity contribution in [1.82, 2.24) is 10.2 Å². The molecule has 1 aromatic rings. The van der Waals surface area contributed by atoms with Crippen LogP contribution >= 0.6 is 0 Å². The minimum absolute atomic E-state index is 0.0330. The maximum Gasteiger partial charge on any atom is 0.416 e. The summed E-state index contributed by atoms with van der Waals surface area (Å²) in [6.45, 7) is 6.30. The molecule has 0 spiro atoms. The molecule has 0 aliphatic carbocycles. The lowest BCUT2D eigenvalue weighted by molar-refractivity contribution is -0.137. The highest BCUT2D eigenvalue weighted by Gasteiger charge is 2.32. The predicted octanol–water partition coefficient (Wildman–Crippen LogP) is 2.78. The van der Waals surface area contributed by atoms with E-state index in [2.05, 4.69) is 5.32 Å². The van der Waals surface area contributed by atoms with Gasteiger partial charge in [0.25, 0.3) is 0 Å². The van der Waals surface area contributed by atoms with Crippen molar-refractivity contribution in [3.05, 3.63) is 35.4 Å². The molecule has 0 saturated carbocycles. The molecule has 2 rings (SSSR count). The van der Waals surface area contributed by atoms with Crippen LogP contribution in [0.25, 0.3) is 0 Å². The van der Waals surface area contributed by atoms with Gasteiger partial charge < -0.3 is 15.0 Å². The largest absolute Gasteiger partial charge is 0.416 e. The van der Waals surface area contributed by atoms with Crippen molar-refractivity contribution in [2.24, 2.45) is 0 Å². The van der Waals surface area contributed by atoms with Gasteiger partial charge in [-0.05, 0) is 31.5 Å². The summed E-state index contributed by atoms with van der Waals surface area (Å²) in [5, 5.41) is 3.18. The number of hydrogen-bond acceptors (Lipinski definition) is 3. The minimum atomic E-state index is -4.36. The maximum absolute atomic E-state index is 12.8. The summed E-state index contributed by atoms with van der Waals surface area (Å²) >= 11 is 0. The number of carbonyl (C=O) groups is 1. The zero-order valence-electron chi connectivity index (χ0n) is 13.9. The van der Waals surface area contributed by atoms with Gasteiger partial charge in [-0.1, -0.05) is 12.1 Å². The van der Waals surface area contributed by atoms with E-state index in [0.717, 1.165) is 12.1 Å². The van der Waals surface area contributed by atoms with Crippen molar-refractivity contribution in [3.63, 3.8) is 0 Å². The molecular weight excluding hydrogens is 321 g/mol. The molecule has 0 aromatic heterocycles. The van der Waals surface area contributed by atoms with Crippen molar-refractivity contribution < 1.29 is 22.7 Å². The highest BCUT2D eigenvalue weighted by atomic mass is 19.4. The number of nitrogens with one attached hydrogen (secondary N) is 1. The molecule has 1 N–H and O–H groups in total. The molecule has 1 aliphatic rings. The van der Waals surface area contributed by atoms with Crippen LogP contribution < -0.4 is 5.32 Å². The Labute approximate surface area is 140 Å². The van der Waals surface area contributed by atoms with E-state index < -0.39 is 17.3 Å². The molecule has 0 radical (unpaired) electrons. The second kappa shape index (κ2) is 7.53. The van der Waals surface area contributed by atoms with Crippen molar-refractivity contribution in [2.75, 3.05) is 32.8 Å². The minimum Gasteiger partial charge on any atom is -0.378 e. The molecule has 0 unspecified atom stereocenters. The lowest BCUT2D eigenvalue weighted by Gasteiger charge is -2.30. The molecule has 1 aromatic carbocycles. The predicted molar refractivity (Wildman–Crippen MR) is 84.5 cm³/mol. The Morgan fingerprint density at radius 3 is 2.46 bits per heavy atom. The smallest absolute Gasteiger partial charge is 0.378 e. The van der Waals surface area contributed by atoms with Gasteiger partial charge in [0.1, 0.15) is 0 Å². The Bertz CT molecular complexity index is 567. The molecule has 1 heterocycles. The first kappa shape index (κ1) is 18.7. The number of nitrogens with zero attached hydrogens (tertiary/aromatic N) is 1. The van der Waals surface area contributed by atoms with Crippen LogP contribution in [0.15, 0.2) is 24.3 Å². The van der Waals surface area contributed by atoms with Crippen molar-refractivity contribution >= 4 is 5.91 Å². The van der Waals surface area contributed by atoms with E-state index in [-0.39, 0.29) is 5.91 Å². The van der Waals surface area contributed by atoms with Gasteiger partial charge in [0, 0.05) is 31.6 Å². The van der Waals surface area contributed by atoms with Crippen LogP contribution in [-0.4, -0.2) is 43.7 Å². The zero-order valence-corrected chi connectivity index (χ0v) is 13.9. The fraction of sp³-hybridized carbons (Fsp3) is 0.588. The van der Waals surface area contributed by atoms with Gasteiger partial charge in [0.2, 0.25) is 5.91 Å². The second-order valence-corrected chi connectivity index (χ2v) is 6.37. The van der Waals surface area contributed by atoms with Gasteiger partial charge in [-0.15, -0.1) is 0 Å². The molecule has 1 saturated heterocycles. The van der Waals surface area contributed by atoms with Gasteiger partial charge in [-0.25, -0.2) is 0 Å². The van der Waals surface area contributed by atoms with Crippen molar-refractivity contribution in [1.29, 1.82) is 0 Å². The molecule has 1 aliphatic heterocycles. The molecule has 1 fully saturated rings. The van der Waals surface area contributed by atoms with E-state index >= 15 is 0 Å². The molecule has 0 bridgehead atoms. The summed E-state index contributed by atoms with van der Waals surface area (Å²) in [6, 6.07) is 5.27. The number of carbonyl (C=O) groups excluding carboxylic acids is 1. The van der Waals surface area contributed by atoms with Gasteiger partial charge in [0.05, 0.1) is 18.8 Å². The van der Waals surface area contributed by atoms with E-state index in [9.17, 15) is 18.0 Å². The van der Waals surface area contributed by atoms with Gasteiger partial charge >= 0.3 is 6.18 Å². The molecule has 4 nitrogen and oxygen atoms in total. The number of rotatable bonds is 5. The Hall–Kier alpha value is -1.60. The summed E-state index contributed by atoms with van der Waals surface area (Å²) in [7, 11) is 0. The zero-order chi connectivity index (χ0) is 17.8. The Morgan fingerprint density at radius 1 is 1.21 bits per heavy atom. The van der Waals surface area contributed by atoms with Crippen LogP contribution in [0.2, 0.25) is 0 Å². The van der Waals surface area contributed by atoms with Crippen molar-refractivity contribution in [2.45, 2.75) is 32.0 Å². The lowest BCUT2D eigenvalue weighted by Crippen LogP contribution is -2.43. The molecule has 24 heavy (non-hydrogen) atoms. The SMILES string of the molecule is CC(C)(NCCC(=O)N1CCOCC1)c1cccc(C(F)(F)F)c1. The number of hydrogen-bond donors (Lipinski definition) is 1. The highest BCUT2D eigenvalue weighted by Crippen LogP contribution is 2.32. The van der Waals surface area contributed by atoms with E-state index in [1.165, 1.54) is 6.07 Å². The summed E-state index contributed by atoms with van der Waals surface area (Å²) in [5.41, 5.74) is -0.789. The maximum atomic E-state index is 12.8. The monoisotopic (exact) mass is 344 g/mol. The second-order valence-electron chi connectivity index (χ2n) is 6.37. The highest BCUT2D eigenvalue weighted by molar-refractivity contribution is 5.76. The molecule has 0 atom stereocenters. The van der Waals surface area contributed by atoms with Crippen LogP contribution in [0.5, 0.6) is 0 Å². The Kier molecular flexibility index (Phi) is 5.87. The number of alkyl halides is 3. The van der Waals surface area contributed by atoms with E-state index in [0.29, 0.717) is 44.8 Å². The van der Waals surface area contributed by atoms with E-state index in [1.807, 2.05) is 13.8 Å². The third-order valence-electron chi connectivity index (χ3n) is 4.18. The van der Waals surface area contributed by atoms with Gasteiger partial charge in [-0.3, -0.25) is 4.79 Å². The van der Waals surface area contributed by atoms with Crippen LogP contribution in [0.3, 0.4) is 0 Å². The van der Waals surface area contributed by atoms with Crippen LogP contribution in [-0.2, 0) is 21.2 Å². The fourth-order valence-electron chi connectivity index (χ4n) is 2.64. The number of halogens is 3. The number of amides is 1. The normalized spacial score (nSPS) is 16.3. The number of benzene rings is 1. The Balaban J connectivity index is 1.92. The van der Waals surface area contributed by atoms with Crippen LogP contribution in [0.4, 0.5) is 13.2 Å². The lowest BCUT2D eigenvalue weighted by atomic mass is 9.92. The average Bonchev–Trinajstić information content (AvgIpc) is 2.55. The standard InChI is InChI=1S/C17H23F3N2O2/c1-16(2,13-4-3-5-14(12-13)17(18,19)20)21-7-6-15(23)22-8-10-24-11-9-22/h3-5,12,21H,6-11H2,1-2H3. The van der Waals surface area contributed by atoms with Gasteiger partial charge in [0.15, 0.2) is 0 Å². The first-order chi connectivity index (χ1) is 11.2. The number of ether oxygens (including phenoxy) is 1. The van der Waals surface area contributed by atoms with E-state index in [1.54, 1.807) is 11.0 Å². The summed E-state index contributed by atoms with van der Waals surface area (Å²) < 4.78 is 43.7. The topological polar surface area (TPSA) is 41.6 Å². The third-order valence-corrected chi connectivity index (χ3v) is 4.18. The molecular formula is C17H23F3N2O2. The first-order valence-corrected chi connectivity index (χ1v) is 7.98. The average molecular weight is 344 g/mol. The summed E-state index contributed by atoms with van der Waals surface area (Å²) in [6.07, 6.45) is -4.05.